The van der Waals surface area contributed by atoms with E-state index in [1.165, 1.54) is 12.7 Å². The number of methoxy groups -OCH3 is 1. The van der Waals surface area contributed by atoms with Gasteiger partial charge in [-0.25, -0.2) is 9.78 Å². The molecule has 10 nitrogen and oxygen atoms in total. The van der Waals surface area contributed by atoms with E-state index in [1.807, 2.05) is 48.4 Å². The Balaban J connectivity index is 0.00000196. The van der Waals surface area contributed by atoms with Crippen molar-refractivity contribution in [1.29, 1.82) is 0 Å². The van der Waals surface area contributed by atoms with Crippen LogP contribution in [-0.2, 0) is 14.3 Å². The number of aromatic amines is 1. The van der Waals surface area contributed by atoms with Crippen molar-refractivity contribution in [3.8, 4) is 11.8 Å². The maximum Gasteiger partial charge on any atom is 0.407 e. The predicted octanol–water partition coefficient (Wildman–Crippen LogP) is 6.68. The number of nitrogens with one attached hydrogen (secondary N) is 2. The van der Waals surface area contributed by atoms with Crippen molar-refractivity contribution in [2.75, 3.05) is 20.2 Å². The molecule has 3 amide bonds. The molecular formula is C40H54N6O4S4. The third kappa shape index (κ3) is 9.64. The SMILES string of the molecule is COC(=O)N[C@H](C(=O)N1CCC[C@H]1c1nc2ccc(C#Cc3ccc(C4=CN=C([C@@H]5CCCN5C(=O)[C@@H](C)C(C)C)C4)cc3)cc2[nH]1)C1CC1.S.S.S.S. The Hall–Kier alpha value is -3.51. The number of hydrogen-bond acceptors (Lipinski definition) is 6. The zero-order valence-corrected chi connectivity index (χ0v) is 35.4. The van der Waals surface area contributed by atoms with Gasteiger partial charge in [0, 0.05) is 48.5 Å². The third-order valence-corrected chi connectivity index (χ3v) is 10.8. The minimum atomic E-state index is -0.577. The normalized spacial score (nSPS) is 19.9. The third-order valence-electron chi connectivity index (χ3n) is 10.8. The smallest absolute Gasteiger partial charge is 0.407 e. The molecule has 1 aliphatic carbocycles. The number of ether oxygens (including phenoxy) is 1. The number of fused-ring (bicyclic) bond motifs is 1. The summed E-state index contributed by atoms with van der Waals surface area (Å²) in [6.07, 6.45) is 7.68. The van der Waals surface area contributed by atoms with Crippen LogP contribution in [-0.4, -0.2) is 75.7 Å². The van der Waals surface area contributed by atoms with E-state index in [-0.39, 0.29) is 89.7 Å². The Morgan fingerprint density at radius 1 is 0.852 bits per heavy atom. The highest BCUT2D eigenvalue weighted by atomic mass is 32.1. The average molecular weight is 811 g/mol. The van der Waals surface area contributed by atoms with Gasteiger partial charge in [0.05, 0.1) is 30.2 Å². The summed E-state index contributed by atoms with van der Waals surface area (Å²) in [5.74, 6) is 8.01. The number of amides is 3. The number of carbonyl (C=O) groups is 3. The van der Waals surface area contributed by atoms with E-state index in [4.69, 9.17) is 14.7 Å². The molecular weight excluding hydrogens is 757 g/mol. The Labute approximate surface area is 346 Å². The van der Waals surface area contributed by atoms with Crippen LogP contribution in [0.3, 0.4) is 0 Å². The summed E-state index contributed by atoms with van der Waals surface area (Å²) in [7, 11) is 1.32. The topological polar surface area (TPSA) is 120 Å². The van der Waals surface area contributed by atoms with Gasteiger partial charge in [-0.05, 0) is 91.8 Å². The molecule has 54 heavy (non-hydrogen) atoms. The second kappa shape index (κ2) is 19.4. The number of likely N-dealkylation sites (tertiary alicyclic amines) is 2. The quantitative estimate of drug-likeness (QED) is 0.246. The van der Waals surface area contributed by atoms with Crippen LogP contribution in [0.4, 0.5) is 4.79 Å². The molecule has 292 valence electrons. The molecule has 2 N–H and O–H groups in total. The minimum absolute atomic E-state index is 0. The van der Waals surface area contributed by atoms with Crippen molar-refractivity contribution >= 4 is 94.2 Å². The van der Waals surface area contributed by atoms with Crippen molar-refractivity contribution in [3.05, 3.63) is 71.2 Å². The summed E-state index contributed by atoms with van der Waals surface area (Å²) in [4.78, 5) is 55.7. The number of benzene rings is 2. The van der Waals surface area contributed by atoms with Gasteiger partial charge in [-0.15, -0.1) is 0 Å². The number of hydrogen-bond donors (Lipinski definition) is 2. The van der Waals surface area contributed by atoms with Gasteiger partial charge >= 0.3 is 6.09 Å². The van der Waals surface area contributed by atoms with E-state index >= 15 is 0 Å². The predicted molar refractivity (Wildman–Crippen MR) is 235 cm³/mol. The molecule has 1 saturated carbocycles. The Bertz CT molecular complexity index is 1930. The number of aliphatic imine (C=N–C) groups is 1. The standard InChI is InChI=1S/C40H46N6O4.4H2S/c1-24(2)25(3)38(47)45-19-5-7-34(45)33-22-30(23-41-33)28-14-11-26(12-15-28)9-10-27-13-18-31-32(21-27)43-37(42-31)35-8-6-20-46(35)39(48)36(29-16-17-29)44-40(49)50-4;;;;/h11-15,18,21,23-25,29,34-36H,5-8,16-17,19-20,22H2,1-4H3,(H,42,43)(H,44,49);4*1H2/t25-,34-,35-,36-;;;;/m0..../s1. The number of rotatable bonds is 8. The number of imidazole rings is 1. The van der Waals surface area contributed by atoms with Gasteiger partial charge in [-0.1, -0.05) is 44.7 Å². The first-order valence-corrected chi connectivity index (χ1v) is 18.0. The highest BCUT2D eigenvalue weighted by Crippen LogP contribution is 2.38. The molecule has 3 aliphatic heterocycles. The largest absolute Gasteiger partial charge is 0.453 e. The van der Waals surface area contributed by atoms with Gasteiger partial charge in [-0.2, -0.15) is 54.0 Å². The molecule has 0 unspecified atom stereocenters. The van der Waals surface area contributed by atoms with Crippen molar-refractivity contribution in [1.82, 2.24) is 25.1 Å². The molecule has 4 heterocycles. The van der Waals surface area contributed by atoms with Crippen LogP contribution in [0.15, 0.2) is 53.7 Å². The number of H-pyrrole nitrogens is 1. The molecule has 4 atom stereocenters. The van der Waals surface area contributed by atoms with Crippen molar-refractivity contribution in [3.63, 3.8) is 0 Å². The first-order valence-electron chi connectivity index (χ1n) is 18.0. The maximum atomic E-state index is 13.6. The van der Waals surface area contributed by atoms with Crippen LogP contribution < -0.4 is 5.32 Å². The van der Waals surface area contributed by atoms with Gasteiger partial charge in [0.2, 0.25) is 11.8 Å². The molecule has 0 radical (unpaired) electrons. The number of alkyl carbamates (subject to hydrolysis) is 1. The lowest BCUT2D eigenvalue weighted by Gasteiger charge is -2.29. The van der Waals surface area contributed by atoms with E-state index in [2.05, 4.69) is 53.0 Å². The van der Waals surface area contributed by atoms with Crippen LogP contribution in [0.25, 0.3) is 16.6 Å². The van der Waals surface area contributed by atoms with Gasteiger partial charge in [0.1, 0.15) is 11.9 Å². The zero-order chi connectivity index (χ0) is 34.9. The lowest BCUT2D eigenvalue weighted by molar-refractivity contribution is -0.136. The van der Waals surface area contributed by atoms with E-state index in [1.54, 1.807) is 0 Å². The summed E-state index contributed by atoms with van der Waals surface area (Å²) >= 11 is 0. The molecule has 2 saturated heterocycles. The monoisotopic (exact) mass is 810 g/mol. The van der Waals surface area contributed by atoms with Crippen LogP contribution in [0.1, 0.15) is 94.3 Å². The van der Waals surface area contributed by atoms with Crippen LogP contribution in [0.5, 0.6) is 0 Å². The molecule has 7 rings (SSSR count). The average Bonchev–Trinajstić information content (AvgIpc) is 3.56. The van der Waals surface area contributed by atoms with Gasteiger partial charge < -0.3 is 24.8 Å². The highest BCUT2D eigenvalue weighted by molar-refractivity contribution is 7.59. The Kier molecular flexibility index (Phi) is 16.1. The maximum absolute atomic E-state index is 13.6. The lowest BCUT2D eigenvalue weighted by atomic mass is 9.94. The molecule has 0 bridgehead atoms. The lowest BCUT2D eigenvalue weighted by Crippen LogP contribution is -2.49. The van der Waals surface area contributed by atoms with Crippen LogP contribution >= 0.6 is 54.0 Å². The summed E-state index contributed by atoms with van der Waals surface area (Å²) in [6, 6.07) is 13.6. The van der Waals surface area contributed by atoms with Crippen molar-refractivity contribution in [2.45, 2.75) is 83.8 Å². The van der Waals surface area contributed by atoms with Crippen molar-refractivity contribution in [2.24, 2.45) is 22.7 Å². The van der Waals surface area contributed by atoms with Gasteiger partial charge in [0.15, 0.2) is 0 Å². The number of allylic oxidation sites excluding steroid dienone is 1. The number of carbonyl (C=O) groups excluding carboxylic acids is 3. The Morgan fingerprint density at radius 3 is 2.13 bits per heavy atom. The number of aromatic nitrogens is 2. The molecule has 0 spiro atoms. The fourth-order valence-corrected chi connectivity index (χ4v) is 7.42. The molecule has 2 aromatic carbocycles. The molecule has 3 fully saturated rings. The first kappa shape index (κ1) is 44.9. The van der Waals surface area contributed by atoms with Crippen LogP contribution in [0.2, 0.25) is 0 Å². The van der Waals surface area contributed by atoms with Crippen molar-refractivity contribution < 1.29 is 19.1 Å². The van der Waals surface area contributed by atoms with Crippen LogP contribution in [0, 0.1) is 29.6 Å². The minimum Gasteiger partial charge on any atom is -0.453 e. The fourth-order valence-electron chi connectivity index (χ4n) is 7.42. The van der Waals surface area contributed by atoms with E-state index in [0.717, 1.165) is 90.8 Å². The first-order chi connectivity index (χ1) is 24.2. The second-order valence-electron chi connectivity index (χ2n) is 14.5. The molecule has 3 aromatic rings. The highest BCUT2D eigenvalue weighted by Gasteiger charge is 2.43. The van der Waals surface area contributed by atoms with Gasteiger partial charge in [0.25, 0.3) is 0 Å². The molecule has 4 aliphatic rings. The summed E-state index contributed by atoms with van der Waals surface area (Å²) in [5.41, 5.74) is 6.86. The number of nitrogens with zero attached hydrogens (tertiary/aromatic N) is 4. The summed E-state index contributed by atoms with van der Waals surface area (Å²) in [6.45, 7) is 7.70. The summed E-state index contributed by atoms with van der Waals surface area (Å²) in [5, 5.41) is 2.76. The fraction of sp³-hybridized carbons (Fsp3) is 0.475. The zero-order valence-electron chi connectivity index (χ0n) is 31.4. The molecule has 14 heteroatoms. The second-order valence-corrected chi connectivity index (χ2v) is 14.5. The van der Waals surface area contributed by atoms with Gasteiger partial charge in [-0.3, -0.25) is 14.6 Å². The Morgan fingerprint density at radius 2 is 1.48 bits per heavy atom. The summed E-state index contributed by atoms with van der Waals surface area (Å²) < 4.78 is 4.78. The van der Waals surface area contributed by atoms with E-state index < -0.39 is 12.1 Å². The van der Waals surface area contributed by atoms with E-state index in [0.29, 0.717) is 12.5 Å². The van der Waals surface area contributed by atoms with E-state index in [9.17, 15) is 14.4 Å². The molecule has 1 aromatic heterocycles.